The molecule has 8 N–H and O–H groups in total. The molecular weight excluding hydrogens is 418 g/mol. The monoisotopic (exact) mass is 457 g/mol. The maximum Gasteiger partial charge on any atom is 0.326 e. The number of amides is 4. The molecule has 11 nitrogen and oxygen atoms in total. The van der Waals surface area contributed by atoms with Crippen molar-refractivity contribution in [3.63, 3.8) is 0 Å². The fourth-order valence-corrected chi connectivity index (χ4v) is 2.89. The Morgan fingerprint density at radius 3 is 1.75 bits per heavy atom. The van der Waals surface area contributed by atoms with Crippen molar-refractivity contribution in [2.24, 2.45) is 29.2 Å². The normalized spacial score (nSPS) is 15.9. The van der Waals surface area contributed by atoms with E-state index < -0.39 is 60.2 Å². The molecule has 5 atom stereocenters. The molecule has 0 aromatic carbocycles. The molecule has 11 heteroatoms. The zero-order valence-electron chi connectivity index (χ0n) is 19.8. The number of hydrogen-bond acceptors (Lipinski definition) is 6. The summed E-state index contributed by atoms with van der Waals surface area (Å²) in [5.41, 5.74) is 11.1. The first-order chi connectivity index (χ1) is 14.7. The number of rotatable bonds is 14. The molecule has 0 aromatic rings. The topological polar surface area (TPSA) is 194 Å². The van der Waals surface area contributed by atoms with Crippen LogP contribution in [0, 0.1) is 17.8 Å². The number of nitrogens with one attached hydrogen (secondary N) is 3. The Hall–Kier alpha value is -2.69. The van der Waals surface area contributed by atoms with Gasteiger partial charge in [-0.2, -0.15) is 0 Å². The molecule has 0 aromatic heterocycles. The van der Waals surface area contributed by atoms with Crippen molar-refractivity contribution in [1.82, 2.24) is 16.0 Å². The Morgan fingerprint density at radius 2 is 1.34 bits per heavy atom. The maximum absolute atomic E-state index is 12.9. The smallest absolute Gasteiger partial charge is 0.326 e. The van der Waals surface area contributed by atoms with Crippen LogP contribution in [0.25, 0.3) is 0 Å². The van der Waals surface area contributed by atoms with Gasteiger partial charge >= 0.3 is 5.97 Å². The third-order valence-corrected chi connectivity index (χ3v) is 5.18. The fourth-order valence-electron chi connectivity index (χ4n) is 2.89. The molecule has 0 radical (unpaired) electrons. The molecule has 0 fully saturated rings. The number of hydrogen-bond donors (Lipinski definition) is 6. The van der Waals surface area contributed by atoms with Gasteiger partial charge in [0.25, 0.3) is 0 Å². The summed E-state index contributed by atoms with van der Waals surface area (Å²) in [6.07, 6.45) is 0.221. The second-order valence-corrected chi connectivity index (χ2v) is 8.90. The van der Waals surface area contributed by atoms with Gasteiger partial charge in [0.15, 0.2) is 0 Å². The van der Waals surface area contributed by atoms with Gasteiger partial charge in [-0.3, -0.25) is 19.2 Å². The third kappa shape index (κ3) is 10.1. The molecule has 4 amide bonds. The molecule has 0 aliphatic heterocycles. The van der Waals surface area contributed by atoms with Gasteiger partial charge in [-0.15, -0.1) is 0 Å². The highest BCUT2D eigenvalue weighted by Crippen LogP contribution is 2.10. The number of carboxylic acid groups (broad SMARTS) is 1. The molecule has 0 saturated carbocycles. The predicted molar refractivity (Wildman–Crippen MR) is 119 cm³/mol. The van der Waals surface area contributed by atoms with Crippen molar-refractivity contribution in [1.29, 1.82) is 0 Å². The second kappa shape index (κ2) is 13.7. The van der Waals surface area contributed by atoms with Crippen molar-refractivity contribution in [3.05, 3.63) is 0 Å². The summed E-state index contributed by atoms with van der Waals surface area (Å²) in [6, 6.07) is -4.42. The number of nitrogens with two attached hydrogens (primary N) is 2. The van der Waals surface area contributed by atoms with E-state index in [1.54, 1.807) is 27.7 Å². The van der Waals surface area contributed by atoms with Crippen molar-refractivity contribution < 1.29 is 29.1 Å². The van der Waals surface area contributed by atoms with Gasteiger partial charge in [-0.25, -0.2) is 4.79 Å². The summed E-state index contributed by atoms with van der Waals surface area (Å²) in [4.78, 5) is 61.0. The van der Waals surface area contributed by atoms with Crippen molar-refractivity contribution in [2.75, 3.05) is 0 Å². The summed E-state index contributed by atoms with van der Waals surface area (Å²) in [6.45, 7) is 10.7. The van der Waals surface area contributed by atoms with E-state index in [0.29, 0.717) is 6.42 Å². The average molecular weight is 458 g/mol. The zero-order valence-corrected chi connectivity index (χ0v) is 19.8. The number of aliphatic carboxylic acids is 1. The standard InChI is InChI=1S/C21H39N5O6/c1-7-12(6)17(21(31)32)26-19(29)14(9-15(22)27)24-18(28)13(8-10(2)3)25-20(30)16(23)11(4)5/h10-14,16-17H,7-9,23H2,1-6H3,(H2,22,27)(H,24,28)(H,25,30)(H,26,29)(H,31,32). The second-order valence-electron chi connectivity index (χ2n) is 8.90. The van der Waals surface area contributed by atoms with Gasteiger partial charge < -0.3 is 32.5 Å². The minimum absolute atomic E-state index is 0.0199. The van der Waals surface area contributed by atoms with E-state index >= 15 is 0 Å². The first kappa shape index (κ1) is 29.3. The van der Waals surface area contributed by atoms with Crippen molar-refractivity contribution >= 4 is 29.6 Å². The van der Waals surface area contributed by atoms with Crippen LogP contribution in [0.1, 0.15) is 60.8 Å². The van der Waals surface area contributed by atoms with Crippen LogP contribution in [0.15, 0.2) is 0 Å². The van der Waals surface area contributed by atoms with Gasteiger partial charge in [-0.05, 0) is 24.2 Å². The molecular formula is C21H39N5O6. The molecule has 0 heterocycles. The van der Waals surface area contributed by atoms with Crippen LogP contribution in [0.4, 0.5) is 0 Å². The van der Waals surface area contributed by atoms with Gasteiger partial charge in [0.05, 0.1) is 12.5 Å². The Morgan fingerprint density at radius 1 is 0.844 bits per heavy atom. The van der Waals surface area contributed by atoms with Crippen molar-refractivity contribution in [3.8, 4) is 0 Å². The molecule has 0 saturated heterocycles. The van der Waals surface area contributed by atoms with Crippen LogP contribution in [0.2, 0.25) is 0 Å². The molecule has 0 spiro atoms. The summed E-state index contributed by atoms with van der Waals surface area (Å²) in [7, 11) is 0. The number of carbonyl (C=O) groups excluding carboxylic acids is 4. The van der Waals surface area contributed by atoms with E-state index in [-0.39, 0.29) is 24.2 Å². The lowest BCUT2D eigenvalue weighted by molar-refractivity contribution is -0.144. The van der Waals surface area contributed by atoms with E-state index in [0.717, 1.165) is 0 Å². The van der Waals surface area contributed by atoms with Gasteiger partial charge in [-0.1, -0.05) is 48.0 Å². The SMILES string of the molecule is CCC(C)C(NC(=O)C(CC(N)=O)NC(=O)C(CC(C)C)NC(=O)C(N)C(C)C)C(=O)O. The Kier molecular flexibility index (Phi) is 12.5. The first-order valence-electron chi connectivity index (χ1n) is 10.9. The average Bonchev–Trinajstić information content (AvgIpc) is 2.68. The maximum atomic E-state index is 12.9. The summed E-state index contributed by atoms with van der Waals surface area (Å²) in [5, 5.41) is 16.8. The molecule has 0 aliphatic rings. The van der Waals surface area contributed by atoms with Crippen LogP contribution in [-0.2, 0) is 24.0 Å². The molecule has 0 aliphatic carbocycles. The fraction of sp³-hybridized carbons (Fsp3) is 0.762. The largest absolute Gasteiger partial charge is 0.480 e. The summed E-state index contributed by atoms with van der Waals surface area (Å²) >= 11 is 0. The van der Waals surface area contributed by atoms with Crippen LogP contribution < -0.4 is 27.4 Å². The van der Waals surface area contributed by atoms with Crippen molar-refractivity contribution in [2.45, 2.75) is 85.0 Å². The Labute approximate surface area is 189 Å². The lowest BCUT2D eigenvalue weighted by Gasteiger charge is -2.27. The van der Waals surface area contributed by atoms with Crippen LogP contribution in [-0.4, -0.2) is 58.9 Å². The minimum Gasteiger partial charge on any atom is -0.480 e. The quantitative estimate of drug-likeness (QED) is 0.202. The van der Waals surface area contributed by atoms with Crippen LogP contribution >= 0.6 is 0 Å². The van der Waals surface area contributed by atoms with E-state index in [1.165, 1.54) is 0 Å². The van der Waals surface area contributed by atoms with Crippen LogP contribution in [0.5, 0.6) is 0 Å². The highest BCUT2D eigenvalue weighted by molar-refractivity contribution is 5.96. The molecule has 0 bridgehead atoms. The van der Waals surface area contributed by atoms with Gasteiger partial charge in [0.2, 0.25) is 23.6 Å². The zero-order chi connectivity index (χ0) is 25.2. The van der Waals surface area contributed by atoms with E-state index in [9.17, 15) is 29.1 Å². The third-order valence-electron chi connectivity index (χ3n) is 5.18. The molecule has 184 valence electrons. The predicted octanol–water partition coefficient (Wildman–Crippen LogP) is -0.524. The lowest BCUT2D eigenvalue weighted by atomic mass is 9.98. The molecule has 5 unspecified atom stereocenters. The Bertz CT molecular complexity index is 682. The Balaban J connectivity index is 5.59. The number of primary amides is 1. The minimum atomic E-state index is -1.39. The first-order valence-corrected chi connectivity index (χ1v) is 10.9. The summed E-state index contributed by atoms with van der Waals surface area (Å²) < 4.78 is 0. The number of carboxylic acids is 1. The number of carbonyl (C=O) groups is 5. The van der Waals surface area contributed by atoms with Gasteiger partial charge in [0, 0.05) is 0 Å². The highest BCUT2D eigenvalue weighted by atomic mass is 16.4. The van der Waals surface area contributed by atoms with Gasteiger partial charge in [0.1, 0.15) is 18.1 Å². The molecule has 0 rings (SSSR count). The van der Waals surface area contributed by atoms with E-state index in [4.69, 9.17) is 11.5 Å². The van der Waals surface area contributed by atoms with E-state index in [1.807, 2.05) is 13.8 Å². The summed E-state index contributed by atoms with van der Waals surface area (Å²) in [5.74, 6) is -4.66. The van der Waals surface area contributed by atoms with E-state index in [2.05, 4.69) is 16.0 Å². The highest BCUT2D eigenvalue weighted by Gasteiger charge is 2.33. The van der Waals surface area contributed by atoms with Crippen LogP contribution in [0.3, 0.4) is 0 Å². The lowest BCUT2D eigenvalue weighted by Crippen LogP contribution is -2.58. The molecule has 32 heavy (non-hydrogen) atoms.